The number of aryl methyl sites for hydroxylation is 1. The smallest absolute Gasteiger partial charge is 0.274 e. The predicted octanol–water partition coefficient (Wildman–Crippen LogP) is 6.45. The number of benzene rings is 3. The van der Waals surface area contributed by atoms with Crippen molar-refractivity contribution in [1.82, 2.24) is 9.38 Å². The summed E-state index contributed by atoms with van der Waals surface area (Å²) in [4.78, 5) is 44.8. The van der Waals surface area contributed by atoms with Crippen LogP contribution in [0.2, 0.25) is 5.02 Å². The standard InChI is InChI=1S/C30H25ClN4O4S/c1-2-6-23-17-25(36)35-26(27(40-30(35)34-23)29(38)33-21-7-4-3-5-8-21)28(37)32-22-13-15-24(16-14-22)39-18-19-9-11-20(31)12-10-19/h3-5,7-17H,2,6,18H2,1H3,(H,32,37)(H,33,38). The second kappa shape index (κ2) is 12.1. The fourth-order valence-electron chi connectivity index (χ4n) is 4.05. The average Bonchev–Trinajstić information content (AvgIpc) is 3.35. The molecule has 0 radical (unpaired) electrons. The molecule has 10 heteroatoms. The molecule has 2 amide bonds. The molecule has 2 N–H and O–H groups in total. The van der Waals surface area contributed by atoms with Crippen LogP contribution in [0.1, 0.15) is 44.8 Å². The highest BCUT2D eigenvalue weighted by Crippen LogP contribution is 2.25. The molecule has 5 aromatic rings. The molecule has 2 heterocycles. The predicted molar refractivity (Wildman–Crippen MR) is 158 cm³/mol. The van der Waals surface area contributed by atoms with E-state index in [0.29, 0.717) is 40.9 Å². The zero-order valence-electron chi connectivity index (χ0n) is 21.5. The molecule has 202 valence electrons. The molecule has 0 aliphatic carbocycles. The molecule has 0 unspecified atom stereocenters. The van der Waals surface area contributed by atoms with Gasteiger partial charge in [-0.05, 0) is 60.5 Å². The van der Waals surface area contributed by atoms with Gasteiger partial charge in [0.25, 0.3) is 17.4 Å². The van der Waals surface area contributed by atoms with Gasteiger partial charge in [0.15, 0.2) is 4.96 Å². The highest BCUT2D eigenvalue weighted by atomic mass is 35.5. The first-order chi connectivity index (χ1) is 19.4. The minimum absolute atomic E-state index is 0.0722. The van der Waals surface area contributed by atoms with Crippen molar-refractivity contribution in [2.45, 2.75) is 26.4 Å². The first-order valence-electron chi connectivity index (χ1n) is 12.6. The van der Waals surface area contributed by atoms with Gasteiger partial charge in [-0.25, -0.2) is 9.38 Å². The summed E-state index contributed by atoms with van der Waals surface area (Å²) in [6.07, 6.45) is 1.42. The van der Waals surface area contributed by atoms with Crippen LogP contribution in [0.15, 0.2) is 89.7 Å². The van der Waals surface area contributed by atoms with Gasteiger partial charge in [-0.1, -0.05) is 66.6 Å². The fraction of sp³-hybridized carbons (Fsp3) is 0.133. The van der Waals surface area contributed by atoms with E-state index in [4.69, 9.17) is 16.3 Å². The number of carbonyl (C=O) groups excluding carboxylic acids is 2. The normalized spacial score (nSPS) is 10.8. The van der Waals surface area contributed by atoms with E-state index in [9.17, 15) is 14.4 Å². The SMILES string of the molecule is CCCc1cc(=O)n2c(C(=O)Nc3ccc(OCc4ccc(Cl)cc4)cc3)c(C(=O)Nc3ccccc3)sc2n1. The molecule has 0 aliphatic rings. The lowest BCUT2D eigenvalue weighted by Crippen LogP contribution is -2.25. The van der Waals surface area contributed by atoms with E-state index in [0.717, 1.165) is 23.3 Å². The topological polar surface area (TPSA) is 102 Å². The van der Waals surface area contributed by atoms with Gasteiger partial charge >= 0.3 is 0 Å². The van der Waals surface area contributed by atoms with Crippen molar-refractivity contribution in [3.8, 4) is 5.75 Å². The van der Waals surface area contributed by atoms with Crippen LogP contribution < -0.4 is 20.9 Å². The van der Waals surface area contributed by atoms with Gasteiger partial charge in [-0.15, -0.1) is 0 Å². The summed E-state index contributed by atoms with van der Waals surface area (Å²) in [7, 11) is 0. The van der Waals surface area contributed by atoms with Gasteiger partial charge in [0.05, 0.1) is 0 Å². The van der Waals surface area contributed by atoms with E-state index >= 15 is 0 Å². The number of hydrogen-bond donors (Lipinski definition) is 2. The molecule has 0 bridgehead atoms. The van der Waals surface area contributed by atoms with Gasteiger partial charge in [-0.2, -0.15) is 0 Å². The molecule has 40 heavy (non-hydrogen) atoms. The van der Waals surface area contributed by atoms with E-state index in [1.165, 1.54) is 10.5 Å². The number of fused-ring (bicyclic) bond motifs is 1. The first kappa shape index (κ1) is 27.1. The van der Waals surface area contributed by atoms with Crippen molar-refractivity contribution >= 4 is 51.1 Å². The summed E-state index contributed by atoms with van der Waals surface area (Å²) in [6.45, 7) is 2.35. The summed E-state index contributed by atoms with van der Waals surface area (Å²) < 4.78 is 7.01. The fourth-order valence-corrected chi connectivity index (χ4v) is 5.21. The lowest BCUT2D eigenvalue weighted by Gasteiger charge is -2.10. The Morgan fingerprint density at radius 3 is 2.30 bits per heavy atom. The van der Waals surface area contributed by atoms with Gasteiger partial charge in [0.1, 0.15) is 22.9 Å². The van der Waals surface area contributed by atoms with Crippen LogP contribution in [-0.2, 0) is 13.0 Å². The number of carbonyl (C=O) groups is 2. The zero-order chi connectivity index (χ0) is 28.1. The Bertz CT molecular complexity index is 1720. The molecular formula is C30H25ClN4O4S. The second-order valence-electron chi connectivity index (χ2n) is 8.95. The Labute approximate surface area is 239 Å². The summed E-state index contributed by atoms with van der Waals surface area (Å²) in [6, 6.07) is 24.5. The Kier molecular flexibility index (Phi) is 8.23. The van der Waals surface area contributed by atoms with Crippen LogP contribution in [0.25, 0.3) is 4.96 Å². The molecule has 5 rings (SSSR count). The van der Waals surface area contributed by atoms with Crippen LogP contribution in [-0.4, -0.2) is 21.2 Å². The Balaban J connectivity index is 1.40. The molecule has 0 aliphatic heterocycles. The van der Waals surface area contributed by atoms with Crippen LogP contribution in [0, 0.1) is 0 Å². The Morgan fingerprint density at radius 1 is 0.925 bits per heavy atom. The van der Waals surface area contributed by atoms with Crippen LogP contribution in [0.4, 0.5) is 11.4 Å². The van der Waals surface area contributed by atoms with Crippen molar-refractivity contribution in [2.24, 2.45) is 0 Å². The van der Waals surface area contributed by atoms with Crippen molar-refractivity contribution in [3.63, 3.8) is 0 Å². The third-order valence-electron chi connectivity index (χ3n) is 5.96. The maximum absolute atomic E-state index is 13.5. The maximum atomic E-state index is 13.5. The summed E-state index contributed by atoms with van der Waals surface area (Å²) in [5, 5.41) is 6.25. The van der Waals surface area contributed by atoms with E-state index in [1.807, 2.05) is 25.1 Å². The number of para-hydroxylation sites is 1. The quantitative estimate of drug-likeness (QED) is 0.211. The summed E-state index contributed by atoms with van der Waals surface area (Å²) in [5.74, 6) is -0.499. The number of nitrogens with one attached hydrogen (secondary N) is 2. The van der Waals surface area contributed by atoms with Gasteiger partial charge in [0, 0.05) is 28.2 Å². The lowest BCUT2D eigenvalue weighted by molar-refractivity contribution is 0.0989. The number of nitrogens with zero attached hydrogens (tertiary/aromatic N) is 2. The van der Waals surface area contributed by atoms with Crippen LogP contribution >= 0.6 is 22.9 Å². The van der Waals surface area contributed by atoms with Crippen molar-refractivity contribution in [2.75, 3.05) is 10.6 Å². The molecule has 0 atom stereocenters. The number of amides is 2. The molecule has 0 spiro atoms. The van der Waals surface area contributed by atoms with Gasteiger partial charge in [0.2, 0.25) is 0 Å². The molecule has 3 aromatic carbocycles. The Hall–Kier alpha value is -4.47. The van der Waals surface area contributed by atoms with E-state index < -0.39 is 17.4 Å². The number of rotatable bonds is 9. The molecule has 2 aromatic heterocycles. The van der Waals surface area contributed by atoms with Crippen LogP contribution in [0.3, 0.4) is 0 Å². The minimum atomic E-state index is -0.605. The minimum Gasteiger partial charge on any atom is -0.489 e. The highest BCUT2D eigenvalue weighted by Gasteiger charge is 2.26. The number of anilines is 2. The summed E-state index contributed by atoms with van der Waals surface area (Å²) >= 11 is 6.93. The van der Waals surface area contributed by atoms with E-state index in [-0.39, 0.29) is 15.5 Å². The number of halogens is 1. The van der Waals surface area contributed by atoms with Crippen molar-refractivity contribution in [3.05, 3.63) is 122 Å². The molecule has 0 fully saturated rings. The van der Waals surface area contributed by atoms with Crippen molar-refractivity contribution in [1.29, 1.82) is 0 Å². The Morgan fingerprint density at radius 2 is 1.60 bits per heavy atom. The van der Waals surface area contributed by atoms with Gasteiger partial charge in [-0.3, -0.25) is 14.4 Å². The number of hydrogen-bond acceptors (Lipinski definition) is 6. The molecule has 0 saturated heterocycles. The molecule has 0 saturated carbocycles. The van der Waals surface area contributed by atoms with Gasteiger partial charge < -0.3 is 15.4 Å². The third kappa shape index (κ3) is 6.22. The number of thiazole rings is 1. The van der Waals surface area contributed by atoms with Crippen molar-refractivity contribution < 1.29 is 14.3 Å². The highest BCUT2D eigenvalue weighted by molar-refractivity contribution is 7.19. The average molecular weight is 573 g/mol. The number of aromatic nitrogens is 2. The van der Waals surface area contributed by atoms with Crippen LogP contribution in [0.5, 0.6) is 5.75 Å². The largest absolute Gasteiger partial charge is 0.489 e. The molecule has 8 nitrogen and oxygen atoms in total. The monoisotopic (exact) mass is 572 g/mol. The molecular weight excluding hydrogens is 548 g/mol. The first-order valence-corrected chi connectivity index (χ1v) is 13.8. The third-order valence-corrected chi connectivity index (χ3v) is 7.25. The second-order valence-corrected chi connectivity index (χ2v) is 10.4. The summed E-state index contributed by atoms with van der Waals surface area (Å²) in [5.41, 5.74) is 2.13. The lowest BCUT2D eigenvalue weighted by atomic mass is 10.2. The zero-order valence-corrected chi connectivity index (χ0v) is 23.1. The van der Waals surface area contributed by atoms with E-state index in [2.05, 4.69) is 15.6 Å². The van der Waals surface area contributed by atoms with E-state index in [1.54, 1.807) is 60.7 Å². The number of ether oxygens (including phenoxy) is 1. The maximum Gasteiger partial charge on any atom is 0.274 e.